The minimum atomic E-state index is -1.06. The highest BCUT2D eigenvalue weighted by Gasteiger charge is 2.12. The Morgan fingerprint density at radius 2 is 2.05 bits per heavy atom. The van der Waals surface area contributed by atoms with Gasteiger partial charge in [-0.1, -0.05) is 12.1 Å². The summed E-state index contributed by atoms with van der Waals surface area (Å²) in [6.07, 6.45) is 1.28. The number of benzene rings is 1. The summed E-state index contributed by atoms with van der Waals surface area (Å²) in [4.78, 5) is 15.0. The van der Waals surface area contributed by atoms with Gasteiger partial charge in [-0.25, -0.2) is 4.79 Å². The number of pyridine rings is 1. The van der Waals surface area contributed by atoms with Crippen LogP contribution >= 0.6 is 0 Å². The van der Waals surface area contributed by atoms with Gasteiger partial charge < -0.3 is 9.84 Å². The number of carbonyl (C=O) groups is 1. The summed E-state index contributed by atoms with van der Waals surface area (Å²) in [5.74, 6) is -0.679. The second-order valence-electron chi connectivity index (χ2n) is 3.77. The van der Waals surface area contributed by atoms with Crippen LogP contribution in [0.2, 0.25) is 0 Å². The molecule has 19 heavy (non-hydrogen) atoms. The highest BCUT2D eigenvalue weighted by atomic mass is 16.5. The zero-order chi connectivity index (χ0) is 13.8. The molecule has 1 heterocycles. The molecule has 0 fully saturated rings. The monoisotopic (exact) mass is 254 g/mol. The van der Waals surface area contributed by atoms with E-state index in [0.717, 1.165) is 5.56 Å². The molecule has 2 aromatic rings. The van der Waals surface area contributed by atoms with Crippen LogP contribution in [0.4, 0.5) is 0 Å². The van der Waals surface area contributed by atoms with Crippen molar-refractivity contribution in [2.24, 2.45) is 0 Å². The molecule has 0 saturated carbocycles. The maximum Gasteiger partial charge on any atom is 0.337 e. The van der Waals surface area contributed by atoms with Crippen LogP contribution in [0.1, 0.15) is 15.9 Å². The molecule has 1 N–H and O–H groups in total. The van der Waals surface area contributed by atoms with Crippen LogP contribution in [-0.2, 0) is 0 Å². The Balaban J connectivity index is 2.49. The first-order valence-corrected chi connectivity index (χ1v) is 5.43. The quantitative estimate of drug-likeness (QED) is 0.908. The van der Waals surface area contributed by atoms with Gasteiger partial charge in [-0.3, -0.25) is 4.98 Å². The smallest absolute Gasteiger partial charge is 0.337 e. The van der Waals surface area contributed by atoms with Gasteiger partial charge in [-0.05, 0) is 18.2 Å². The molecular formula is C14H10N2O3. The first kappa shape index (κ1) is 12.6. The van der Waals surface area contributed by atoms with Crippen LogP contribution in [0.3, 0.4) is 0 Å². The topological polar surface area (TPSA) is 83.2 Å². The van der Waals surface area contributed by atoms with Crippen LogP contribution in [0.15, 0.2) is 36.5 Å². The van der Waals surface area contributed by atoms with E-state index >= 15 is 0 Å². The molecule has 1 aromatic heterocycles. The van der Waals surface area contributed by atoms with Gasteiger partial charge in [0.25, 0.3) is 0 Å². The van der Waals surface area contributed by atoms with Gasteiger partial charge in [0.1, 0.15) is 11.4 Å². The molecule has 0 amide bonds. The first-order valence-electron chi connectivity index (χ1n) is 5.43. The summed E-state index contributed by atoms with van der Waals surface area (Å²) >= 11 is 0. The van der Waals surface area contributed by atoms with Crippen LogP contribution in [-0.4, -0.2) is 23.2 Å². The summed E-state index contributed by atoms with van der Waals surface area (Å²) < 4.78 is 5.16. The molecule has 5 nitrogen and oxygen atoms in total. The summed E-state index contributed by atoms with van der Waals surface area (Å²) in [7, 11) is 1.45. The first-order chi connectivity index (χ1) is 9.15. The largest absolute Gasteiger partial charge is 0.494 e. The van der Waals surface area contributed by atoms with E-state index in [9.17, 15) is 4.79 Å². The molecule has 0 spiro atoms. The van der Waals surface area contributed by atoms with Gasteiger partial charge in [-0.15, -0.1) is 0 Å². The van der Waals surface area contributed by atoms with Crippen molar-refractivity contribution < 1.29 is 14.6 Å². The fourth-order valence-corrected chi connectivity index (χ4v) is 1.64. The highest BCUT2D eigenvalue weighted by Crippen LogP contribution is 2.28. The molecule has 0 radical (unpaired) electrons. The van der Waals surface area contributed by atoms with Gasteiger partial charge in [-0.2, -0.15) is 5.26 Å². The number of methoxy groups -OCH3 is 1. The molecule has 2 rings (SSSR count). The van der Waals surface area contributed by atoms with E-state index in [-0.39, 0.29) is 5.56 Å². The molecular weight excluding hydrogens is 244 g/mol. The van der Waals surface area contributed by atoms with Crippen molar-refractivity contribution in [3.05, 3.63) is 47.7 Å². The van der Waals surface area contributed by atoms with Gasteiger partial charge in [0.2, 0.25) is 0 Å². The molecule has 0 bridgehead atoms. The predicted octanol–water partition coefficient (Wildman–Crippen LogP) is 2.33. The molecule has 0 aliphatic rings. The fourth-order valence-electron chi connectivity index (χ4n) is 1.64. The van der Waals surface area contributed by atoms with Gasteiger partial charge >= 0.3 is 5.97 Å². The standard InChI is InChI=1S/C14H10N2O3/c1-19-12-6-11(14(17)18)8-16-13(12)10-4-2-9(7-15)3-5-10/h2-6,8H,1H3,(H,17,18). The molecule has 5 heteroatoms. The average Bonchev–Trinajstić information content (AvgIpc) is 2.46. The summed E-state index contributed by atoms with van der Waals surface area (Å²) in [5.41, 5.74) is 1.91. The highest BCUT2D eigenvalue weighted by molar-refractivity contribution is 5.88. The maximum absolute atomic E-state index is 10.9. The number of hydrogen-bond donors (Lipinski definition) is 1. The van der Waals surface area contributed by atoms with E-state index in [1.165, 1.54) is 19.4 Å². The SMILES string of the molecule is COc1cc(C(=O)O)cnc1-c1ccc(C#N)cc1. The van der Waals surface area contributed by atoms with E-state index in [1.807, 2.05) is 6.07 Å². The Bertz CT molecular complexity index is 657. The lowest BCUT2D eigenvalue weighted by Crippen LogP contribution is -2.00. The lowest BCUT2D eigenvalue weighted by Gasteiger charge is -2.08. The second kappa shape index (κ2) is 5.19. The summed E-state index contributed by atoms with van der Waals surface area (Å²) in [5, 5.41) is 17.6. The number of hydrogen-bond acceptors (Lipinski definition) is 4. The number of carboxylic acids is 1. The predicted molar refractivity (Wildman–Crippen MR) is 67.9 cm³/mol. The van der Waals surface area contributed by atoms with E-state index in [0.29, 0.717) is 17.0 Å². The lowest BCUT2D eigenvalue weighted by molar-refractivity contribution is 0.0696. The number of ether oxygens (including phenoxy) is 1. The zero-order valence-electron chi connectivity index (χ0n) is 10.1. The van der Waals surface area contributed by atoms with Crippen LogP contribution < -0.4 is 4.74 Å². The minimum Gasteiger partial charge on any atom is -0.494 e. The summed E-state index contributed by atoms with van der Waals surface area (Å²) in [6.45, 7) is 0. The number of nitrogens with zero attached hydrogens (tertiary/aromatic N) is 2. The Kier molecular flexibility index (Phi) is 3.44. The van der Waals surface area contributed by atoms with Crippen LogP contribution in [0.25, 0.3) is 11.3 Å². The Labute approximate surface area is 109 Å². The average molecular weight is 254 g/mol. The Morgan fingerprint density at radius 1 is 1.37 bits per heavy atom. The van der Waals surface area contributed by atoms with Crippen molar-refractivity contribution in [1.29, 1.82) is 5.26 Å². The van der Waals surface area contributed by atoms with Crippen molar-refractivity contribution in [1.82, 2.24) is 4.98 Å². The van der Waals surface area contributed by atoms with E-state index in [2.05, 4.69) is 4.98 Å². The molecule has 0 unspecified atom stereocenters. The van der Waals surface area contributed by atoms with Crippen molar-refractivity contribution in [3.63, 3.8) is 0 Å². The van der Waals surface area contributed by atoms with Crippen molar-refractivity contribution >= 4 is 5.97 Å². The molecule has 0 atom stereocenters. The number of carboxylic acid groups (broad SMARTS) is 1. The van der Waals surface area contributed by atoms with Crippen molar-refractivity contribution in [2.45, 2.75) is 0 Å². The Morgan fingerprint density at radius 3 is 2.58 bits per heavy atom. The Hall–Kier alpha value is -2.87. The third-order valence-corrected chi connectivity index (χ3v) is 2.61. The molecule has 94 valence electrons. The van der Waals surface area contributed by atoms with Crippen molar-refractivity contribution in [3.8, 4) is 23.1 Å². The summed E-state index contributed by atoms with van der Waals surface area (Å²) in [6, 6.07) is 10.3. The molecule has 0 aliphatic carbocycles. The zero-order valence-corrected chi connectivity index (χ0v) is 10.1. The number of rotatable bonds is 3. The third-order valence-electron chi connectivity index (χ3n) is 2.61. The third kappa shape index (κ3) is 2.53. The number of aromatic nitrogens is 1. The van der Waals surface area contributed by atoms with Gasteiger partial charge in [0.15, 0.2) is 0 Å². The molecule has 0 aliphatic heterocycles. The molecule has 0 saturated heterocycles. The van der Waals surface area contributed by atoms with Crippen LogP contribution in [0.5, 0.6) is 5.75 Å². The minimum absolute atomic E-state index is 0.0641. The maximum atomic E-state index is 10.9. The van der Waals surface area contributed by atoms with E-state index < -0.39 is 5.97 Å². The number of nitriles is 1. The van der Waals surface area contributed by atoms with E-state index in [1.54, 1.807) is 24.3 Å². The molecule has 1 aromatic carbocycles. The van der Waals surface area contributed by atoms with Crippen LogP contribution in [0, 0.1) is 11.3 Å². The van der Waals surface area contributed by atoms with Gasteiger partial charge in [0, 0.05) is 11.8 Å². The van der Waals surface area contributed by atoms with Crippen molar-refractivity contribution in [2.75, 3.05) is 7.11 Å². The normalized spacial score (nSPS) is 9.68. The lowest BCUT2D eigenvalue weighted by atomic mass is 10.1. The van der Waals surface area contributed by atoms with Gasteiger partial charge in [0.05, 0.1) is 24.3 Å². The fraction of sp³-hybridized carbons (Fsp3) is 0.0714. The number of aromatic carboxylic acids is 1. The van der Waals surface area contributed by atoms with E-state index in [4.69, 9.17) is 15.1 Å². The second-order valence-corrected chi connectivity index (χ2v) is 3.77.